The Morgan fingerprint density at radius 2 is 1.80 bits per heavy atom. The normalized spacial score (nSPS) is 19.1. The molecule has 0 saturated heterocycles. The van der Waals surface area contributed by atoms with Crippen LogP contribution >= 0.6 is 0 Å². The van der Waals surface area contributed by atoms with E-state index >= 15 is 0 Å². The highest BCUT2D eigenvalue weighted by molar-refractivity contribution is 5.44. The van der Waals surface area contributed by atoms with Gasteiger partial charge in [0.05, 0.1) is 10.3 Å². The van der Waals surface area contributed by atoms with Crippen molar-refractivity contribution in [1.82, 2.24) is 0 Å². The van der Waals surface area contributed by atoms with Gasteiger partial charge in [0.15, 0.2) is 0 Å². The van der Waals surface area contributed by atoms with Gasteiger partial charge in [-0.15, -0.1) is 0 Å². The van der Waals surface area contributed by atoms with Gasteiger partial charge in [0.2, 0.25) is 0 Å². The number of nitrogens with zero attached hydrogens (tertiary/aromatic N) is 1. The first-order valence-electron chi connectivity index (χ1n) is 7.15. The largest absolute Gasteiger partial charge is 0.269 e. The van der Waals surface area contributed by atoms with Crippen LogP contribution in [0.1, 0.15) is 44.1 Å². The second-order valence-electron chi connectivity index (χ2n) is 5.72. The van der Waals surface area contributed by atoms with Crippen LogP contribution in [0.5, 0.6) is 0 Å². The third-order valence-electron chi connectivity index (χ3n) is 4.05. The molecule has 3 rings (SSSR count). The Kier molecular flexibility index (Phi) is 3.31. The van der Waals surface area contributed by atoms with Gasteiger partial charge >= 0.3 is 0 Å². The van der Waals surface area contributed by atoms with Crippen LogP contribution in [-0.2, 0) is 0 Å². The smallest absolute Gasteiger partial charge is 0.258 e. The Bertz CT molecular complexity index is 605. The Balaban J connectivity index is 1.74. The van der Waals surface area contributed by atoms with E-state index in [1.54, 1.807) is 17.7 Å². The topological polar surface area (TPSA) is 43.1 Å². The zero-order valence-electron chi connectivity index (χ0n) is 11.4. The fourth-order valence-electron chi connectivity index (χ4n) is 2.67. The van der Waals surface area contributed by atoms with Gasteiger partial charge in [0.1, 0.15) is 0 Å². The van der Waals surface area contributed by atoms with Gasteiger partial charge in [-0.1, -0.05) is 23.5 Å². The minimum Gasteiger partial charge on any atom is -0.258 e. The average molecular weight is 267 g/mol. The molecule has 3 heteroatoms. The van der Waals surface area contributed by atoms with Crippen molar-refractivity contribution in [3.63, 3.8) is 0 Å². The monoisotopic (exact) mass is 267 g/mol. The maximum atomic E-state index is 10.6. The summed E-state index contributed by atoms with van der Waals surface area (Å²) < 4.78 is 0. The summed E-state index contributed by atoms with van der Waals surface area (Å²) in [5.41, 5.74) is 2.64. The number of hydrogen-bond donors (Lipinski definition) is 0. The number of hydrogen-bond acceptors (Lipinski definition) is 2. The highest BCUT2D eigenvalue weighted by atomic mass is 16.6. The molecule has 0 aliphatic heterocycles. The highest BCUT2D eigenvalue weighted by Crippen LogP contribution is 2.48. The van der Waals surface area contributed by atoms with Gasteiger partial charge in [-0.05, 0) is 50.7 Å². The lowest BCUT2D eigenvalue weighted by Gasteiger charge is -2.02. The molecule has 0 radical (unpaired) electrons. The van der Waals surface area contributed by atoms with E-state index in [0.717, 1.165) is 18.4 Å². The second kappa shape index (κ2) is 5.13. The molecule has 2 fully saturated rings. The minimum atomic E-state index is -0.385. The lowest BCUT2D eigenvalue weighted by molar-refractivity contribution is -0.384. The predicted molar refractivity (Wildman–Crippen MR) is 78.2 cm³/mol. The van der Waals surface area contributed by atoms with Crippen molar-refractivity contribution in [2.75, 3.05) is 0 Å². The van der Waals surface area contributed by atoms with Crippen molar-refractivity contribution in [2.45, 2.75) is 38.5 Å². The molecule has 102 valence electrons. The summed E-state index contributed by atoms with van der Waals surface area (Å²) in [7, 11) is 0. The molecule has 0 unspecified atom stereocenters. The van der Waals surface area contributed by atoms with Gasteiger partial charge in [0, 0.05) is 17.7 Å². The maximum absolute atomic E-state index is 10.6. The molecule has 0 atom stereocenters. The fraction of sp³-hybridized carbons (Fsp3) is 0.412. The summed E-state index contributed by atoms with van der Waals surface area (Å²) >= 11 is 0. The SMILES string of the molecule is O=[N+]([O-])c1ccc(C#CC2(C=C3CCCC3)CC2)cc1. The standard InChI is InChI=1S/C17H17NO2/c19-18(20)16-7-5-14(6-8-16)9-10-17(11-12-17)13-15-3-1-2-4-15/h5-8,13H,1-4,11-12H2. The molecule has 1 aromatic rings. The van der Waals surface area contributed by atoms with E-state index in [2.05, 4.69) is 17.9 Å². The lowest BCUT2D eigenvalue weighted by Crippen LogP contribution is -1.92. The van der Waals surface area contributed by atoms with Crippen LogP contribution in [0.3, 0.4) is 0 Å². The van der Waals surface area contributed by atoms with Crippen LogP contribution in [0.25, 0.3) is 0 Å². The van der Waals surface area contributed by atoms with Gasteiger partial charge in [-0.25, -0.2) is 0 Å². The molecule has 2 aliphatic rings. The van der Waals surface area contributed by atoms with E-state index in [1.807, 2.05) is 0 Å². The molecule has 0 spiro atoms. The minimum absolute atomic E-state index is 0.0987. The van der Waals surface area contributed by atoms with Crippen molar-refractivity contribution < 1.29 is 4.92 Å². The molecular formula is C17H17NO2. The van der Waals surface area contributed by atoms with Crippen molar-refractivity contribution in [2.24, 2.45) is 5.41 Å². The zero-order valence-corrected chi connectivity index (χ0v) is 11.4. The summed E-state index contributed by atoms with van der Waals surface area (Å²) in [6.07, 6.45) is 9.79. The number of allylic oxidation sites excluding steroid dienone is 2. The van der Waals surface area contributed by atoms with E-state index in [1.165, 1.54) is 37.8 Å². The number of benzene rings is 1. The summed E-state index contributed by atoms with van der Waals surface area (Å²) in [6, 6.07) is 6.48. The Labute approximate surface area is 118 Å². The quantitative estimate of drug-likeness (QED) is 0.348. The van der Waals surface area contributed by atoms with Crippen molar-refractivity contribution in [3.05, 3.63) is 51.6 Å². The van der Waals surface area contributed by atoms with Gasteiger partial charge in [0.25, 0.3) is 5.69 Å². The van der Waals surface area contributed by atoms with Crippen LogP contribution in [0, 0.1) is 27.4 Å². The Hall–Kier alpha value is -2.08. The fourth-order valence-corrected chi connectivity index (χ4v) is 2.67. The molecular weight excluding hydrogens is 250 g/mol. The number of nitro benzene ring substituents is 1. The van der Waals surface area contributed by atoms with E-state index in [4.69, 9.17) is 0 Å². The number of nitro groups is 1. The van der Waals surface area contributed by atoms with Crippen molar-refractivity contribution in [1.29, 1.82) is 0 Å². The molecule has 20 heavy (non-hydrogen) atoms. The van der Waals surface area contributed by atoms with Crippen molar-refractivity contribution in [3.8, 4) is 11.8 Å². The van der Waals surface area contributed by atoms with Gasteiger partial charge in [-0.2, -0.15) is 0 Å². The molecule has 0 heterocycles. The van der Waals surface area contributed by atoms with Crippen LogP contribution < -0.4 is 0 Å². The summed E-state index contributed by atoms with van der Waals surface area (Å²) in [5.74, 6) is 6.54. The molecule has 2 saturated carbocycles. The van der Waals surface area contributed by atoms with Gasteiger partial charge < -0.3 is 0 Å². The maximum Gasteiger partial charge on any atom is 0.269 e. The summed E-state index contributed by atoms with van der Waals surface area (Å²) in [5, 5.41) is 10.6. The third-order valence-corrected chi connectivity index (χ3v) is 4.05. The Morgan fingerprint density at radius 1 is 1.15 bits per heavy atom. The third kappa shape index (κ3) is 2.91. The summed E-state index contributed by atoms with van der Waals surface area (Å²) in [4.78, 5) is 10.2. The second-order valence-corrected chi connectivity index (χ2v) is 5.72. The van der Waals surface area contributed by atoms with E-state index in [0.29, 0.717) is 0 Å². The average Bonchev–Trinajstić information content (AvgIpc) is 3.01. The first kappa shape index (κ1) is 12.9. The molecule has 0 N–H and O–H groups in total. The summed E-state index contributed by atoms with van der Waals surface area (Å²) in [6.45, 7) is 0. The molecule has 1 aromatic carbocycles. The van der Waals surface area contributed by atoms with E-state index in [-0.39, 0.29) is 16.0 Å². The zero-order chi connectivity index (χ0) is 14.0. The highest BCUT2D eigenvalue weighted by Gasteiger charge is 2.39. The molecule has 0 bridgehead atoms. The van der Waals surface area contributed by atoms with E-state index in [9.17, 15) is 10.1 Å². The van der Waals surface area contributed by atoms with Crippen LogP contribution in [-0.4, -0.2) is 4.92 Å². The molecule has 2 aliphatic carbocycles. The first-order valence-corrected chi connectivity index (χ1v) is 7.15. The molecule has 0 amide bonds. The lowest BCUT2D eigenvalue weighted by atomic mass is 10.0. The van der Waals surface area contributed by atoms with Crippen molar-refractivity contribution >= 4 is 5.69 Å². The van der Waals surface area contributed by atoms with Crippen LogP contribution in [0.2, 0.25) is 0 Å². The number of non-ortho nitro benzene ring substituents is 1. The van der Waals surface area contributed by atoms with Crippen LogP contribution in [0.15, 0.2) is 35.9 Å². The molecule has 0 aromatic heterocycles. The van der Waals surface area contributed by atoms with Crippen LogP contribution in [0.4, 0.5) is 5.69 Å². The Morgan fingerprint density at radius 3 is 2.35 bits per heavy atom. The number of rotatable bonds is 2. The molecule has 3 nitrogen and oxygen atoms in total. The first-order chi connectivity index (χ1) is 9.67. The van der Waals surface area contributed by atoms with E-state index < -0.39 is 0 Å². The van der Waals surface area contributed by atoms with Gasteiger partial charge in [-0.3, -0.25) is 10.1 Å². The predicted octanol–water partition coefficient (Wildman–Crippen LogP) is 4.23.